The Hall–Kier alpha value is -1.10. The third kappa shape index (κ3) is 4.70. The number of hydrogen-bond donors (Lipinski definition) is 1. The smallest absolute Gasteiger partial charge is 0.239 e. The van der Waals surface area contributed by atoms with Crippen molar-refractivity contribution in [2.45, 2.75) is 64.3 Å². The predicted molar refractivity (Wildman–Crippen MR) is 87.2 cm³/mol. The second kappa shape index (κ2) is 8.51. The number of nitrogens with zero attached hydrogens (tertiary/aromatic N) is 2. The molecule has 5 heteroatoms. The average Bonchev–Trinajstić information content (AvgIpc) is 2.55. The lowest BCUT2D eigenvalue weighted by atomic mass is 9.86. The first-order valence-corrected chi connectivity index (χ1v) is 8.94. The molecule has 1 aliphatic heterocycles. The third-order valence-electron chi connectivity index (χ3n) is 5.05. The highest BCUT2D eigenvalue weighted by Gasteiger charge is 2.28. The van der Waals surface area contributed by atoms with Crippen LogP contribution in [0.3, 0.4) is 0 Å². The lowest BCUT2D eigenvalue weighted by molar-refractivity contribution is -0.141. The van der Waals surface area contributed by atoms with E-state index in [0.717, 1.165) is 12.8 Å². The Kier molecular flexibility index (Phi) is 6.68. The van der Waals surface area contributed by atoms with Crippen LogP contribution in [0, 0.1) is 5.92 Å². The van der Waals surface area contributed by atoms with Crippen molar-refractivity contribution in [3.63, 3.8) is 0 Å². The van der Waals surface area contributed by atoms with Gasteiger partial charge in [-0.2, -0.15) is 0 Å². The van der Waals surface area contributed by atoms with Crippen LogP contribution in [0.1, 0.15) is 58.3 Å². The predicted octanol–water partition coefficient (Wildman–Crippen LogP) is 1.75. The van der Waals surface area contributed by atoms with Gasteiger partial charge in [-0.15, -0.1) is 0 Å². The summed E-state index contributed by atoms with van der Waals surface area (Å²) in [5.74, 6) is 0.900. The zero-order valence-electron chi connectivity index (χ0n) is 13.9. The summed E-state index contributed by atoms with van der Waals surface area (Å²) in [6, 6.07) is -0.380. The maximum Gasteiger partial charge on any atom is 0.239 e. The molecule has 0 radical (unpaired) electrons. The van der Waals surface area contributed by atoms with Crippen LogP contribution in [0.5, 0.6) is 0 Å². The number of carbonyl (C=O) groups excluding carboxylic acids is 2. The molecule has 1 unspecified atom stereocenters. The minimum absolute atomic E-state index is 0.0428. The molecular weight excluding hydrogens is 278 g/mol. The number of rotatable bonds is 5. The van der Waals surface area contributed by atoms with E-state index < -0.39 is 0 Å². The molecule has 1 atom stereocenters. The maximum absolute atomic E-state index is 12.4. The van der Waals surface area contributed by atoms with Gasteiger partial charge in [0.15, 0.2) is 0 Å². The number of amides is 2. The van der Waals surface area contributed by atoms with Gasteiger partial charge >= 0.3 is 0 Å². The van der Waals surface area contributed by atoms with Crippen LogP contribution < -0.4 is 5.73 Å². The van der Waals surface area contributed by atoms with Crippen molar-refractivity contribution in [1.82, 2.24) is 9.80 Å². The van der Waals surface area contributed by atoms with Gasteiger partial charge in [-0.3, -0.25) is 9.59 Å². The summed E-state index contributed by atoms with van der Waals surface area (Å²) in [4.78, 5) is 28.3. The molecule has 2 amide bonds. The Morgan fingerprint density at radius 3 is 2.23 bits per heavy atom. The Balaban J connectivity index is 1.74. The number of nitrogens with two attached hydrogens (primary N) is 1. The van der Waals surface area contributed by atoms with Gasteiger partial charge in [0.2, 0.25) is 11.8 Å². The number of hydrogen-bond acceptors (Lipinski definition) is 3. The van der Waals surface area contributed by atoms with Crippen LogP contribution in [0.15, 0.2) is 0 Å². The summed E-state index contributed by atoms with van der Waals surface area (Å²) in [5.41, 5.74) is 5.90. The second-order valence-corrected chi connectivity index (χ2v) is 6.81. The topological polar surface area (TPSA) is 66.6 Å². The summed E-state index contributed by atoms with van der Waals surface area (Å²) in [6.45, 7) is 4.63. The van der Waals surface area contributed by atoms with Gasteiger partial charge in [-0.05, 0) is 25.2 Å². The molecule has 5 nitrogen and oxygen atoms in total. The SMILES string of the molecule is CCCC(N)C(=O)N1CCN(C(=O)CC2CCCCC2)CC1. The lowest BCUT2D eigenvalue weighted by Crippen LogP contribution is -2.54. The maximum atomic E-state index is 12.4. The Morgan fingerprint density at radius 2 is 1.64 bits per heavy atom. The molecule has 0 bridgehead atoms. The molecule has 0 aromatic rings. The van der Waals surface area contributed by atoms with Crippen LogP contribution in [0.4, 0.5) is 0 Å². The Bertz CT molecular complexity index is 372. The first-order valence-electron chi connectivity index (χ1n) is 8.94. The monoisotopic (exact) mass is 309 g/mol. The van der Waals surface area contributed by atoms with Crippen LogP contribution in [-0.2, 0) is 9.59 Å². The first kappa shape index (κ1) is 17.3. The summed E-state index contributed by atoms with van der Waals surface area (Å²) in [7, 11) is 0. The minimum atomic E-state index is -0.380. The zero-order chi connectivity index (χ0) is 15.9. The molecule has 1 heterocycles. The normalized spacial score (nSPS) is 21.7. The van der Waals surface area contributed by atoms with E-state index in [1.165, 1.54) is 32.1 Å². The van der Waals surface area contributed by atoms with Crippen molar-refractivity contribution in [2.24, 2.45) is 11.7 Å². The van der Waals surface area contributed by atoms with Crippen molar-refractivity contribution in [1.29, 1.82) is 0 Å². The Labute approximate surface area is 134 Å². The molecule has 2 rings (SSSR count). The van der Waals surface area contributed by atoms with Crippen molar-refractivity contribution >= 4 is 11.8 Å². The van der Waals surface area contributed by atoms with Crippen molar-refractivity contribution in [3.8, 4) is 0 Å². The van der Waals surface area contributed by atoms with E-state index in [4.69, 9.17) is 5.73 Å². The molecule has 2 N–H and O–H groups in total. The van der Waals surface area contributed by atoms with Gasteiger partial charge in [0.25, 0.3) is 0 Å². The van der Waals surface area contributed by atoms with Crippen LogP contribution in [-0.4, -0.2) is 53.8 Å². The van der Waals surface area contributed by atoms with Crippen molar-refractivity contribution in [2.75, 3.05) is 26.2 Å². The molecule has 126 valence electrons. The van der Waals surface area contributed by atoms with Gasteiger partial charge < -0.3 is 15.5 Å². The van der Waals surface area contributed by atoms with Crippen molar-refractivity contribution < 1.29 is 9.59 Å². The van der Waals surface area contributed by atoms with E-state index in [9.17, 15) is 9.59 Å². The number of piperazine rings is 1. The van der Waals surface area contributed by atoms with E-state index in [1.54, 1.807) is 0 Å². The fraction of sp³-hybridized carbons (Fsp3) is 0.882. The van der Waals surface area contributed by atoms with Gasteiger partial charge in [0, 0.05) is 32.6 Å². The van der Waals surface area contributed by atoms with Crippen LogP contribution in [0.25, 0.3) is 0 Å². The van der Waals surface area contributed by atoms with Gasteiger partial charge in [-0.1, -0.05) is 32.6 Å². The minimum Gasteiger partial charge on any atom is -0.339 e. The fourth-order valence-electron chi connectivity index (χ4n) is 3.61. The highest BCUT2D eigenvalue weighted by Crippen LogP contribution is 2.27. The molecule has 1 saturated heterocycles. The van der Waals surface area contributed by atoms with E-state index in [1.807, 2.05) is 16.7 Å². The van der Waals surface area contributed by atoms with E-state index in [2.05, 4.69) is 0 Å². The molecule has 22 heavy (non-hydrogen) atoms. The van der Waals surface area contributed by atoms with Crippen LogP contribution >= 0.6 is 0 Å². The Morgan fingerprint density at radius 1 is 1.05 bits per heavy atom. The van der Waals surface area contributed by atoms with Gasteiger partial charge in [0.05, 0.1) is 6.04 Å². The van der Waals surface area contributed by atoms with Crippen molar-refractivity contribution in [3.05, 3.63) is 0 Å². The summed E-state index contributed by atoms with van der Waals surface area (Å²) in [6.07, 6.45) is 8.64. The van der Waals surface area contributed by atoms with Crippen LogP contribution in [0.2, 0.25) is 0 Å². The lowest BCUT2D eigenvalue weighted by Gasteiger charge is -2.36. The molecule has 1 saturated carbocycles. The molecule has 0 spiro atoms. The fourth-order valence-corrected chi connectivity index (χ4v) is 3.61. The standard InChI is InChI=1S/C17H31N3O2/c1-2-6-15(18)17(22)20-11-9-19(10-12-20)16(21)13-14-7-4-3-5-8-14/h14-15H,2-13,18H2,1H3. The van der Waals surface area contributed by atoms with E-state index in [0.29, 0.717) is 38.5 Å². The van der Waals surface area contributed by atoms with Gasteiger partial charge in [-0.25, -0.2) is 0 Å². The molecular formula is C17H31N3O2. The largest absolute Gasteiger partial charge is 0.339 e. The third-order valence-corrected chi connectivity index (χ3v) is 5.05. The summed E-state index contributed by atoms with van der Waals surface area (Å²) < 4.78 is 0. The summed E-state index contributed by atoms with van der Waals surface area (Å²) in [5, 5.41) is 0. The molecule has 0 aromatic carbocycles. The highest BCUT2D eigenvalue weighted by molar-refractivity contribution is 5.82. The second-order valence-electron chi connectivity index (χ2n) is 6.81. The zero-order valence-corrected chi connectivity index (χ0v) is 13.9. The summed E-state index contributed by atoms with van der Waals surface area (Å²) >= 11 is 0. The number of carbonyl (C=O) groups is 2. The molecule has 0 aromatic heterocycles. The van der Waals surface area contributed by atoms with Gasteiger partial charge in [0.1, 0.15) is 0 Å². The first-order chi connectivity index (χ1) is 10.6. The van der Waals surface area contributed by atoms with E-state index in [-0.39, 0.29) is 17.9 Å². The average molecular weight is 309 g/mol. The quantitative estimate of drug-likeness (QED) is 0.841. The molecule has 2 fully saturated rings. The van der Waals surface area contributed by atoms with E-state index >= 15 is 0 Å². The highest BCUT2D eigenvalue weighted by atomic mass is 16.2. The molecule has 1 aliphatic carbocycles. The molecule has 2 aliphatic rings.